The number of nitrogens with zero attached hydrogens (tertiary/aromatic N) is 2. The van der Waals surface area contributed by atoms with Crippen LogP contribution in [0.4, 0.5) is 5.69 Å². The Morgan fingerprint density at radius 2 is 2.15 bits per heavy atom. The molecule has 0 amide bonds. The summed E-state index contributed by atoms with van der Waals surface area (Å²) < 4.78 is 5.71. The van der Waals surface area contributed by atoms with Crippen LogP contribution in [0.15, 0.2) is 18.2 Å². The van der Waals surface area contributed by atoms with E-state index >= 15 is 0 Å². The summed E-state index contributed by atoms with van der Waals surface area (Å²) >= 11 is 0. The topological polar surface area (TPSA) is 67.6 Å². The number of nitrogens with one attached hydrogen (secondary N) is 1. The van der Waals surface area contributed by atoms with Crippen LogP contribution in [-0.2, 0) is 6.54 Å². The summed E-state index contributed by atoms with van der Waals surface area (Å²) in [6, 6.07) is 4.73. The molecule has 0 aliphatic carbocycles. The molecule has 0 fully saturated rings. The lowest BCUT2D eigenvalue weighted by molar-refractivity contribution is -0.384. The largest absolute Gasteiger partial charge is 0.492 e. The molecular formula is C14H23N3O3. The summed E-state index contributed by atoms with van der Waals surface area (Å²) in [7, 11) is 3.95. The van der Waals surface area contributed by atoms with Crippen LogP contribution in [-0.4, -0.2) is 43.6 Å². The van der Waals surface area contributed by atoms with E-state index in [0.29, 0.717) is 18.9 Å². The number of nitro benzene ring substituents is 1. The minimum Gasteiger partial charge on any atom is -0.492 e. The summed E-state index contributed by atoms with van der Waals surface area (Å²) in [6.45, 7) is 4.89. The molecule has 0 bridgehead atoms. The van der Waals surface area contributed by atoms with Gasteiger partial charge in [0, 0.05) is 30.8 Å². The lowest BCUT2D eigenvalue weighted by atomic mass is 10.1. The van der Waals surface area contributed by atoms with Gasteiger partial charge in [-0.15, -0.1) is 0 Å². The highest BCUT2D eigenvalue weighted by Gasteiger charge is 2.11. The van der Waals surface area contributed by atoms with Gasteiger partial charge in [0.15, 0.2) is 0 Å². The van der Waals surface area contributed by atoms with E-state index in [1.807, 2.05) is 19.0 Å². The zero-order valence-corrected chi connectivity index (χ0v) is 12.4. The molecule has 6 nitrogen and oxygen atoms in total. The Kier molecular flexibility index (Phi) is 6.97. The van der Waals surface area contributed by atoms with E-state index in [9.17, 15) is 10.1 Å². The number of ether oxygens (including phenoxy) is 1. The van der Waals surface area contributed by atoms with Crippen LogP contribution in [0.2, 0.25) is 0 Å². The summed E-state index contributed by atoms with van der Waals surface area (Å²) in [5.74, 6) is 0.709. The average molecular weight is 281 g/mol. The van der Waals surface area contributed by atoms with Gasteiger partial charge in [-0.1, -0.05) is 6.92 Å². The third-order valence-corrected chi connectivity index (χ3v) is 2.79. The van der Waals surface area contributed by atoms with Crippen LogP contribution in [0.25, 0.3) is 0 Å². The fraction of sp³-hybridized carbons (Fsp3) is 0.571. The number of rotatable bonds is 9. The second kappa shape index (κ2) is 8.50. The fourth-order valence-electron chi connectivity index (χ4n) is 1.70. The molecule has 0 aliphatic heterocycles. The first-order valence-electron chi connectivity index (χ1n) is 6.80. The molecule has 1 rings (SSSR count). The SMILES string of the molecule is CCCNCc1cc([N+](=O)[O-])ccc1OCCN(C)C. The minimum atomic E-state index is -0.382. The molecule has 20 heavy (non-hydrogen) atoms. The number of hydrogen-bond donors (Lipinski definition) is 1. The van der Waals surface area contributed by atoms with E-state index in [1.165, 1.54) is 6.07 Å². The van der Waals surface area contributed by atoms with Crippen molar-refractivity contribution < 1.29 is 9.66 Å². The first-order chi connectivity index (χ1) is 9.54. The summed E-state index contributed by atoms with van der Waals surface area (Å²) in [5, 5.41) is 14.1. The van der Waals surface area contributed by atoms with Gasteiger partial charge >= 0.3 is 0 Å². The smallest absolute Gasteiger partial charge is 0.270 e. The molecule has 0 saturated heterocycles. The number of nitro groups is 1. The molecule has 1 N–H and O–H groups in total. The average Bonchev–Trinajstić information content (AvgIpc) is 2.39. The molecule has 112 valence electrons. The zero-order chi connectivity index (χ0) is 15.0. The maximum atomic E-state index is 10.8. The van der Waals surface area contributed by atoms with Crippen molar-refractivity contribution in [1.82, 2.24) is 10.2 Å². The van der Waals surface area contributed by atoms with Gasteiger partial charge in [0.25, 0.3) is 5.69 Å². The van der Waals surface area contributed by atoms with Gasteiger partial charge in [-0.2, -0.15) is 0 Å². The molecule has 0 unspecified atom stereocenters. The third kappa shape index (κ3) is 5.54. The van der Waals surface area contributed by atoms with E-state index in [2.05, 4.69) is 12.2 Å². The van der Waals surface area contributed by atoms with Crippen molar-refractivity contribution in [3.05, 3.63) is 33.9 Å². The first-order valence-corrected chi connectivity index (χ1v) is 6.80. The van der Waals surface area contributed by atoms with Gasteiger partial charge in [-0.25, -0.2) is 0 Å². The first kappa shape index (κ1) is 16.4. The molecule has 0 radical (unpaired) electrons. The number of likely N-dealkylation sites (N-methyl/N-ethyl adjacent to an activating group) is 1. The Morgan fingerprint density at radius 1 is 1.40 bits per heavy atom. The normalized spacial score (nSPS) is 10.8. The van der Waals surface area contributed by atoms with Crippen LogP contribution < -0.4 is 10.1 Å². The van der Waals surface area contributed by atoms with Gasteiger partial charge in [0.05, 0.1) is 4.92 Å². The second-order valence-corrected chi connectivity index (χ2v) is 4.88. The van der Waals surface area contributed by atoms with E-state index in [-0.39, 0.29) is 10.6 Å². The molecule has 6 heteroatoms. The van der Waals surface area contributed by atoms with E-state index in [0.717, 1.165) is 25.1 Å². The number of hydrogen-bond acceptors (Lipinski definition) is 5. The zero-order valence-electron chi connectivity index (χ0n) is 12.4. The van der Waals surface area contributed by atoms with Crippen molar-refractivity contribution in [3.63, 3.8) is 0 Å². The molecular weight excluding hydrogens is 258 g/mol. The number of non-ortho nitro benzene ring substituents is 1. The molecule has 0 heterocycles. The molecule has 0 saturated carbocycles. The molecule has 0 aromatic heterocycles. The van der Waals surface area contributed by atoms with Crippen molar-refractivity contribution in [2.45, 2.75) is 19.9 Å². The van der Waals surface area contributed by atoms with Crippen molar-refractivity contribution in [2.24, 2.45) is 0 Å². The van der Waals surface area contributed by atoms with E-state index in [1.54, 1.807) is 12.1 Å². The Bertz CT molecular complexity index is 436. The molecule has 1 aromatic carbocycles. The monoisotopic (exact) mass is 281 g/mol. The maximum Gasteiger partial charge on any atom is 0.270 e. The Balaban J connectivity index is 2.76. The van der Waals surface area contributed by atoms with E-state index < -0.39 is 0 Å². The lowest BCUT2D eigenvalue weighted by Crippen LogP contribution is -2.20. The van der Waals surface area contributed by atoms with Crippen molar-refractivity contribution in [2.75, 3.05) is 33.8 Å². The minimum absolute atomic E-state index is 0.0956. The fourth-order valence-corrected chi connectivity index (χ4v) is 1.70. The van der Waals surface area contributed by atoms with Crippen molar-refractivity contribution in [3.8, 4) is 5.75 Å². The van der Waals surface area contributed by atoms with Gasteiger partial charge in [0.2, 0.25) is 0 Å². The van der Waals surface area contributed by atoms with Crippen molar-refractivity contribution >= 4 is 5.69 Å². The lowest BCUT2D eigenvalue weighted by Gasteiger charge is -2.14. The van der Waals surface area contributed by atoms with Crippen LogP contribution >= 0.6 is 0 Å². The highest BCUT2D eigenvalue weighted by molar-refractivity contribution is 5.43. The third-order valence-electron chi connectivity index (χ3n) is 2.79. The van der Waals surface area contributed by atoms with Crippen LogP contribution in [0, 0.1) is 10.1 Å². The van der Waals surface area contributed by atoms with Crippen LogP contribution in [0.5, 0.6) is 5.75 Å². The maximum absolute atomic E-state index is 10.8. The summed E-state index contributed by atoms with van der Waals surface area (Å²) in [4.78, 5) is 12.5. The standard InChI is InChI=1S/C14H23N3O3/c1-4-7-15-11-12-10-13(17(18)19)5-6-14(12)20-9-8-16(2)3/h5-6,10,15H,4,7-9,11H2,1-3H3. The van der Waals surface area contributed by atoms with Gasteiger partial charge in [-0.3, -0.25) is 10.1 Å². The highest BCUT2D eigenvalue weighted by Crippen LogP contribution is 2.24. The number of benzene rings is 1. The molecule has 1 aromatic rings. The molecule has 0 atom stereocenters. The molecule has 0 spiro atoms. The highest BCUT2D eigenvalue weighted by atomic mass is 16.6. The van der Waals surface area contributed by atoms with Gasteiger partial charge in [-0.05, 0) is 33.1 Å². The van der Waals surface area contributed by atoms with E-state index in [4.69, 9.17) is 4.74 Å². The van der Waals surface area contributed by atoms with Crippen molar-refractivity contribution in [1.29, 1.82) is 0 Å². The Morgan fingerprint density at radius 3 is 2.75 bits per heavy atom. The summed E-state index contributed by atoms with van der Waals surface area (Å²) in [6.07, 6.45) is 1.02. The van der Waals surface area contributed by atoms with Gasteiger partial charge < -0.3 is 15.0 Å². The van der Waals surface area contributed by atoms with Crippen LogP contribution in [0.3, 0.4) is 0 Å². The molecule has 0 aliphatic rings. The second-order valence-electron chi connectivity index (χ2n) is 4.88. The Hall–Kier alpha value is -1.66. The predicted molar refractivity (Wildman–Crippen MR) is 79.1 cm³/mol. The predicted octanol–water partition coefficient (Wildman–Crippen LogP) is 2.03. The van der Waals surface area contributed by atoms with Gasteiger partial charge in [0.1, 0.15) is 12.4 Å². The summed E-state index contributed by atoms with van der Waals surface area (Å²) in [5.41, 5.74) is 0.921. The van der Waals surface area contributed by atoms with Crippen LogP contribution in [0.1, 0.15) is 18.9 Å². The quantitative estimate of drug-likeness (QED) is 0.426. The Labute approximate surface area is 119 Å².